The average Bonchev–Trinajstić information content (AvgIpc) is 3.04. The molecule has 4 rings (SSSR count). The summed E-state index contributed by atoms with van der Waals surface area (Å²) in [5.74, 6) is -2.28. The molecule has 2 amide bonds. The molecule has 0 unspecified atom stereocenters. The van der Waals surface area contributed by atoms with Gasteiger partial charge in [0.2, 0.25) is 5.91 Å². The summed E-state index contributed by atoms with van der Waals surface area (Å²) in [5.41, 5.74) is 0.418. The molecule has 0 saturated carbocycles. The highest BCUT2D eigenvalue weighted by Crippen LogP contribution is 2.45. The third-order valence-electron chi connectivity index (χ3n) is 4.11. The van der Waals surface area contributed by atoms with Gasteiger partial charge in [0.15, 0.2) is 11.5 Å². The van der Waals surface area contributed by atoms with E-state index in [1.54, 1.807) is 0 Å². The van der Waals surface area contributed by atoms with Gasteiger partial charge in [-0.3, -0.25) is 9.59 Å². The number of aliphatic hydroxyl groups is 1. The van der Waals surface area contributed by atoms with Crippen molar-refractivity contribution < 1.29 is 33.0 Å². The van der Waals surface area contributed by atoms with Crippen molar-refractivity contribution in [3.05, 3.63) is 52.5 Å². The molecule has 0 spiro atoms. The van der Waals surface area contributed by atoms with Crippen LogP contribution in [0.4, 0.5) is 14.5 Å². The molecule has 1 N–H and O–H groups in total. The van der Waals surface area contributed by atoms with Crippen molar-refractivity contribution >= 4 is 40.4 Å². The Morgan fingerprint density at radius 1 is 1.15 bits per heavy atom. The van der Waals surface area contributed by atoms with Crippen LogP contribution in [0.5, 0.6) is 11.5 Å². The van der Waals surface area contributed by atoms with Crippen molar-refractivity contribution in [1.82, 2.24) is 0 Å². The quantitative estimate of drug-likeness (QED) is 0.586. The fraction of sp³-hybridized carbons (Fsp3) is 0.111. The van der Waals surface area contributed by atoms with E-state index in [1.165, 1.54) is 37.3 Å². The lowest BCUT2D eigenvalue weighted by Crippen LogP contribution is -2.31. The normalized spacial score (nSPS) is 18.5. The molecule has 9 heteroatoms. The van der Waals surface area contributed by atoms with E-state index in [9.17, 15) is 23.5 Å². The highest BCUT2D eigenvalue weighted by Gasteiger charge is 2.44. The number of anilines is 1. The number of ether oxygens (including phenoxy) is 2. The predicted octanol–water partition coefficient (Wildman–Crippen LogP) is 3.98. The maximum absolute atomic E-state index is 13.2. The number of rotatable bonds is 1. The number of hydrogen-bond donors (Lipinski definition) is 1. The van der Waals surface area contributed by atoms with Crippen LogP contribution in [0.3, 0.4) is 0 Å². The van der Waals surface area contributed by atoms with Gasteiger partial charge in [0, 0.05) is 23.1 Å². The average molecular weight is 394 g/mol. The van der Waals surface area contributed by atoms with Crippen LogP contribution in [0.1, 0.15) is 18.1 Å². The standard InChI is InChI=1S/C18H10ClF2NO5/c1-8(23)22-12-7-10(19)3-4-11(12)15(17(22)25)16(24)9-2-5-13-14(6-9)27-18(20,21)26-13/h2-7,24H,1H3. The zero-order chi connectivity index (χ0) is 19.5. The maximum Gasteiger partial charge on any atom is 0.586 e. The van der Waals surface area contributed by atoms with Gasteiger partial charge in [-0.15, -0.1) is 8.78 Å². The molecule has 0 aliphatic carbocycles. The third kappa shape index (κ3) is 2.69. The van der Waals surface area contributed by atoms with Crippen LogP contribution in [0.15, 0.2) is 36.4 Å². The Balaban J connectivity index is 1.87. The van der Waals surface area contributed by atoms with Gasteiger partial charge in [-0.1, -0.05) is 17.7 Å². The van der Waals surface area contributed by atoms with Gasteiger partial charge in [0.1, 0.15) is 5.76 Å². The van der Waals surface area contributed by atoms with Gasteiger partial charge in [0.25, 0.3) is 5.91 Å². The van der Waals surface area contributed by atoms with E-state index >= 15 is 0 Å². The fourth-order valence-corrected chi connectivity index (χ4v) is 3.19. The number of carbonyl (C=O) groups is 2. The molecule has 2 heterocycles. The number of carbonyl (C=O) groups excluding carboxylic acids is 2. The van der Waals surface area contributed by atoms with Crippen molar-refractivity contribution in [3.8, 4) is 11.5 Å². The number of fused-ring (bicyclic) bond motifs is 2. The van der Waals surface area contributed by atoms with Gasteiger partial charge in [0.05, 0.1) is 11.3 Å². The number of imide groups is 1. The second-order valence-corrected chi connectivity index (χ2v) is 6.31. The first-order chi connectivity index (χ1) is 12.7. The van der Waals surface area contributed by atoms with Gasteiger partial charge in [-0.2, -0.15) is 0 Å². The maximum atomic E-state index is 13.2. The first kappa shape index (κ1) is 17.3. The van der Waals surface area contributed by atoms with E-state index < -0.39 is 23.9 Å². The Hall–Kier alpha value is -3.13. The predicted molar refractivity (Wildman–Crippen MR) is 91.7 cm³/mol. The van der Waals surface area contributed by atoms with Crippen molar-refractivity contribution in [2.75, 3.05) is 4.90 Å². The molecule has 0 fully saturated rings. The first-order valence-corrected chi connectivity index (χ1v) is 8.04. The summed E-state index contributed by atoms with van der Waals surface area (Å²) in [5, 5.41) is 11.0. The van der Waals surface area contributed by atoms with Crippen molar-refractivity contribution in [3.63, 3.8) is 0 Å². The highest BCUT2D eigenvalue weighted by molar-refractivity contribution is 6.43. The third-order valence-corrected chi connectivity index (χ3v) is 4.35. The largest absolute Gasteiger partial charge is 0.586 e. The number of benzene rings is 2. The topological polar surface area (TPSA) is 76.1 Å². The van der Waals surface area contributed by atoms with E-state index in [-0.39, 0.29) is 28.3 Å². The molecule has 2 aromatic rings. The monoisotopic (exact) mass is 393 g/mol. The van der Waals surface area contributed by atoms with E-state index in [0.29, 0.717) is 10.6 Å². The van der Waals surface area contributed by atoms with Gasteiger partial charge in [-0.25, -0.2) is 4.90 Å². The Bertz CT molecular complexity index is 1050. The minimum atomic E-state index is -3.80. The second-order valence-electron chi connectivity index (χ2n) is 5.87. The van der Waals surface area contributed by atoms with Crippen LogP contribution < -0.4 is 14.4 Å². The molecule has 0 aromatic heterocycles. The molecule has 0 radical (unpaired) electrons. The van der Waals surface area contributed by atoms with Crippen LogP contribution >= 0.6 is 11.6 Å². The van der Waals surface area contributed by atoms with E-state index in [4.69, 9.17) is 11.6 Å². The van der Waals surface area contributed by atoms with Crippen molar-refractivity contribution in [2.24, 2.45) is 0 Å². The minimum Gasteiger partial charge on any atom is -0.506 e. The summed E-state index contributed by atoms with van der Waals surface area (Å²) < 4.78 is 35.0. The lowest BCUT2D eigenvalue weighted by molar-refractivity contribution is -0.286. The zero-order valence-corrected chi connectivity index (χ0v) is 14.4. The van der Waals surface area contributed by atoms with Crippen LogP contribution in [0.2, 0.25) is 5.02 Å². The van der Waals surface area contributed by atoms with Crippen molar-refractivity contribution in [1.29, 1.82) is 0 Å². The molecule has 138 valence electrons. The number of amides is 2. The number of hydrogen-bond acceptors (Lipinski definition) is 5. The second kappa shape index (κ2) is 5.68. The molecule has 0 bridgehead atoms. The fourth-order valence-electron chi connectivity index (χ4n) is 3.02. The molecule has 2 aliphatic rings. The lowest BCUT2D eigenvalue weighted by Gasteiger charge is -2.12. The first-order valence-electron chi connectivity index (χ1n) is 7.66. The molecule has 6 nitrogen and oxygen atoms in total. The number of alkyl halides is 2. The lowest BCUT2D eigenvalue weighted by atomic mass is 10.0. The SMILES string of the molecule is CC(=O)N1C(=O)C(=C(O)c2ccc3c(c2)OC(F)(F)O3)c2ccc(Cl)cc21. The molecule has 0 atom stereocenters. The molecule has 27 heavy (non-hydrogen) atoms. The van der Waals surface area contributed by atoms with E-state index in [1.807, 2.05) is 0 Å². The Kier molecular flexibility index (Phi) is 3.64. The Morgan fingerprint density at radius 3 is 2.56 bits per heavy atom. The summed E-state index contributed by atoms with van der Waals surface area (Å²) in [6.07, 6.45) is -3.80. The van der Waals surface area contributed by atoms with E-state index in [0.717, 1.165) is 11.0 Å². The van der Waals surface area contributed by atoms with Crippen LogP contribution in [-0.2, 0) is 9.59 Å². The van der Waals surface area contributed by atoms with Gasteiger partial charge in [-0.05, 0) is 30.3 Å². The van der Waals surface area contributed by atoms with Crippen LogP contribution in [0.25, 0.3) is 11.3 Å². The Morgan fingerprint density at radius 2 is 1.85 bits per heavy atom. The minimum absolute atomic E-state index is 0.0460. The summed E-state index contributed by atoms with van der Waals surface area (Å²) >= 11 is 5.95. The summed E-state index contributed by atoms with van der Waals surface area (Å²) in [6, 6.07) is 8.03. The van der Waals surface area contributed by atoms with Crippen LogP contribution in [0, 0.1) is 0 Å². The van der Waals surface area contributed by atoms with Crippen molar-refractivity contribution in [2.45, 2.75) is 13.2 Å². The highest BCUT2D eigenvalue weighted by atomic mass is 35.5. The molecular weight excluding hydrogens is 384 g/mol. The number of halogens is 3. The van der Waals surface area contributed by atoms with Crippen LogP contribution in [-0.4, -0.2) is 23.2 Å². The smallest absolute Gasteiger partial charge is 0.506 e. The van der Waals surface area contributed by atoms with Gasteiger partial charge < -0.3 is 14.6 Å². The molecular formula is C18H10ClF2NO5. The number of nitrogens with zero attached hydrogens (tertiary/aromatic N) is 1. The zero-order valence-electron chi connectivity index (χ0n) is 13.6. The molecule has 2 aliphatic heterocycles. The summed E-state index contributed by atoms with van der Waals surface area (Å²) in [6.45, 7) is 1.20. The van der Waals surface area contributed by atoms with Gasteiger partial charge >= 0.3 is 6.29 Å². The summed E-state index contributed by atoms with van der Waals surface area (Å²) in [4.78, 5) is 25.5. The Labute approximate surface area is 156 Å². The molecule has 0 saturated heterocycles. The number of aliphatic hydroxyl groups excluding tert-OH is 1. The molecule has 2 aromatic carbocycles. The van der Waals surface area contributed by atoms with E-state index in [2.05, 4.69) is 9.47 Å². The summed E-state index contributed by atoms with van der Waals surface area (Å²) in [7, 11) is 0.